The van der Waals surface area contributed by atoms with Crippen LogP contribution in [0.3, 0.4) is 0 Å². The van der Waals surface area contributed by atoms with Gasteiger partial charge in [-0.2, -0.15) is 0 Å². The SMILES string of the molecule is [CH2]C(C)OC[CH]OOC. The summed E-state index contributed by atoms with van der Waals surface area (Å²) in [5.74, 6) is 0. The lowest BCUT2D eigenvalue weighted by molar-refractivity contribution is -0.249. The molecule has 0 spiro atoms. The summed E-state index contributed by atoms with van der Waals surface area (Å²) in [5.41, 5.74) is 0. The van der Waals surface area contributed by atoms with E-state index in [1.807, 2.05) is 6.92 Å². The maximum atomic E-state index is 4.97. The van der Waals surface area contributed by atoms with Crippen LogP contribution in [-0.2, 0) is 14.5 Å². The standard InChI is InChI=1S/C6H12O3/c1-6(2)8-4-5-9-7-3/h5-6H,1,4H2,2-3H3. The van der Waals surface area contributed by atoms with Crippen LogP contribution in [0, 0.1) is 13.5 Å². The highest BCUT2D eigenvalue weighted by atomic mass is 17.2. The van der Waals surface area contributed by atoms with Crippen molar-refractivity contribution in [3.63, 3.8) is 0 Å². The minimum absolute atomic E-state index is 0.0123. The lowest BCUT2D eigenvalue weighted by atomic mass is 10.5. The molecule has 0 bridgehead atoms. The predicted octanol–water partition coefficient (Wildman–Crippen LogP) is 0.965. The van der Waals surface area contributed by atoms with Crippen LogP contribution in [0.4, 0.5) is 0 Å². The zero-order chi connectivity index (χ0) is 7.11. The number of rotatable bonds is 5. The summed E-state index contributed by atoms with van der Waals surface area (Å²) in [7, 11) is 1.43. The van der Waals surface area contributed by atoms with Gasteiger partial charge in [0.2, 0.25) is 0 Å². The van der Waals surface area contributed by atoms with Gasteiger partial charge < -0.3 is 4.74 Å². The second-order valence-electron chi connectivity index (χ2n) is 1.57. The summed E-state index contributed by atoms with van der Waals surface area (Å²) in [4.78, 5) is 8.67. The molecule has 0 aromatic heterocycles. The van der Waals surface area contributed by atoms with E-state index in [1.165, 1.54) is 13.7 Å². The van der Waals surface area contributed by atoms with Crippen LogP contribution in [0.2, 0.25) is 0 Å². The van der Waals surface area contributed by atoms with Gasteiger partial charge in [-0.3, -0.25) is 0 Å². The molecular weight excluding hydrogens is 120 g/mol. The van der Waals surface area contributed by atoms with E-state index in [9.17, 15) is 0 Å². The summed E-state index contributed by atoms with van der Waals surface area (Å²) in [5, 5.41) is 0. The van der Waals surface area contributed by atoms with E-state index in [0.29, 0.717) is 6.61 Å². The molecule has 3 nitrogen and oxygen atoms in total. The van der Waals surface area contributed by atoms with Crippen LogP contribution >= 0.6 is 0 Å². The van der Waals surface area contributed by atoms with Crippen LogP contribution in [0.1, 0.15) is 6.92 Å². The molecule has 0 saturated heterocycles. The molecule has 1 unspecified atom stereocenters. The fourth-order valence-corrected chi connectivity index (χ4v) is 0.299. The fourth-order valence-electron chi connectivity index (χ4n) is 0.299. The van der Waals surface area contributed by atoms with Gasteiger partial charge in [0.25, 0.3) is 0 Å². The molecule has 0 rings (SSSR count). The molecule has 0 N–H and O–H groups in total. The van der Waals surface area contributed by atoms with Crippen molar-refractivity contribution in [3.05, 3.63) is 13.5 Å². The summed E-state index contributed by atoms with van der Waals surface area (Å²) in [6.45, 7) is 7.26. The number of hydrogen-bond acceptors (Lipinski definition) is 3. The third-order valence-electron chi connectivity index (χ3n) is 0.613. The quantitative estimate of drug-likeness (QED) is 0.317. The first-order valence-electron chi connectivity index (χ1n) is 2.73. The van der Waals surface area contributed by atoms with Crippen molar-refractivity contribution in [1.29, 1.82) is 0 Å². The molecule has 0 aliphatic carbocycles. The Bertz CT molecular complexity index is 54.3. The highest BCUT2D eigenvalue weighted by molar-refractivity contribution is 4.52. The second kappa shape index (κ2) is 6.01. The molecule has 0 aromatic carbocycles. The number of hydrogen-bond donors (Lipinski definition) is 0. The van der Waals surface area contributed by atoms with Gasteiger partial charge in [0.15, 0.2) is 0 Å². The van der Waals surface area contributed by atoms with Gasteiger partial charge in [-0.05, 0) is 13.8 Å². The molecule has 2 radical (unpaired) electrons. The highest BCUT2D eigenvalue weighted by Gasteiger charge is 1.92. The first kappa shape index (κ1) is 8.88. The smallest absolute Gasteiger partial charge is 0.148 e. The Morgan fingerprint density at radius 3 is 2.78 bits per heavy atom. The zero-order valence-electron chi connectivity index (χ0n) is 5.79. The van der Waals surface area contributed by atoms with E-state index in [1.54, 1.807) is 0 Å². The molecule has 9 heavy (non-hydrogen) atoms. The summed E-state index contributed by atoms with van der Waals surface area (Å²) in [6, 6.07) is 0. The van der Waals surface area contributed by atoms with E-state index in [0.717, 1.165) is 0 Å². The van der Waals surface area contributed by atoms with Gasteiger partial charge in [0.05, 0.1) is 19.8 Å². The summed E-state index contributed by atoms with van der Waals surface area (Å²) >= 11 is 0. The van der Waals surface area contributed by atoms with Gasteiger partial charge in [-0.1, -0.05) is 0 Å². The normalized spacial score (nSPS) is 10.7. The molecule has 54 valence electrons. The average molecular weight is 132 g/mol. The van der Waals surface area contributed by atoms with Crippen LogP contribution in [0.15, 0.2) is 0 Å². The van der Waals surface area contributed by atoms with E-state index >= 15 is 0 Å². The van der Waals surface area contributed by atoms with Crippen molar-refractivity contribution in [2.45, 2.75) is 13.0 Å². The minimum atomic E-state index is -0.0123. The first-order valence-corrected chi connectivity index (χ1v) is 2.73. The van der Waals surface area contributed by atoms with Crippen LogP contribution in [0.25, 0.3) is 0 Å². The van der Waals surface area contributed by atoms with Crippen molar-refractivity contribution in [2.75, 3.05) is 13.7 Å². The summed E-state index contributed by atoms with van der Waals surface area (Å²) < 4.78 is 4.97. The first-order chi connectivity index (χ1) is 4.27. The Labute approximate surface area is 55.8 Å². The third kappa shape index (κ3) is 7.88. The van der Waals surface area contributed by atoms with E-state index in [2.05, 4.69) is 16.7 Å². The molecule has 0 heterocycles. The maximum absolute atomic E-state index is 4.97. The predicted molar refractivity (Wildman–Crippen MR) is 33.2 cm³/mol. The zero-order valence-corrected chi connectivity index (χ0v) is 5.79. The largest absolute Gasteiger partial charge is 0.376 e. The van der Waals surface area contributed by atoms with Crippen molar-refractivity contribution >= 4 is 0 Å². The van der Waals surface area contributed by atoms with Gasteiger partial charge in [-0.15, -0.1) is 0 Å². The van der Waals surface area contributed by atoms with Gasteiger partial charge in [0.1, 0.15) is 6.61 Å². The van der Waals surface area contributed by atoms with E-state index in [-0.39, 0.29) is 6.10 Å². The van der Waals surface area contributed by atoms with Crippen LogP contribution in [0.5, 0.6) is 0 Å². The maximum Gasteiger partial charge on any atom is 0.148 e. The molecule has 0 fully saturated rings. The molecule has 0 aliphatic rings. The molecule has 0 aliphatic heterocycles. The van der Waals surface area contributed by atoms with Crippen molar-refractivity contribution in [1.82, 2.24) is 0 Å². The Hall–Kier alpha value is -0.120. The highest BCUT2D eigenvalue weighted by Crippen LogP contribution is 1.89. The van der Waals surface area contributed by atoms with Crippen molar-refractivity contribution in [3.8, 4) is 0 Å². The minimum Gasteiger partial charge on any atom is -0.376 e. The van der Waals surface area contributed by atoms with E-state index < -0.39 is 0 Å². The van der Waals surface area contributed by atoms with Crippen molar-refractivity contribution in [2.24, 2.45) is 0 Å². The Kier molecular flexibility index (Phi) is 5.93. The topological polar surface area (TPSA) is 27.7 Å². The molecule has 1 atom stereocenters. The van der Waals surface area contributed by atoms with Crippen LogP contribution < -0.4 is 0 Å². The summed E-state index contributed by atoms with van der Waals surface area (Å²) in [6.07, 6.45) is -0.0123. The second-order valence-corrected chi connectivity index (χ2v) is 1.57. The molecule has 0 saturated carbocycles. The Morgan fingerprint density at radius 2 is 2.33 bits per heavy atom. The average Bonchev–Trinajstić information content (AvgIpc) is 1.80. The monoisotopic (exact) mass is 132 g/mol. The fraction of sp³-hybridized carbons (Fsp3) is 0.667. The Morgan fingerprint density at radius 1 is 1.67 bits per heavy atom. The van der Waals surface area contributed by atoms with Gasteiger partial charge >= 0.3 is 0 Å². The number of ether oxygens (including phenoxy) is 1. The lowest BCUT2D eigenvalue weighted by Crippen LogP contribution is -2.05. The molecule has 3 heteroatoms. The molecule has 0 amide bonds. The lowest BCUT2D eigenvalue weighted by Gasteiger charge is -2.04. The van der Waals surface area contributed by atoms with Crippen LogP contribution in [-0.4, -0.2) is 19.8 Å². The molecule has 0 aromatic rings. The third-order valence-corrected chi connectivity index (χ3v) is 0.613. The van der Waals surface area contributed by atoms with Gasteiger partial charge in [0, 0.05) is 0 Å². The molecular formula is C6H12O3. The van der Waals surface area contributed by atoms with Gasteiger partial charge in [-0.25, -0.2) is 9.78 Å². The van der Waals surface area contributed by atoms with Crippen molar-refractivity contribution < 1.29 is 14.5 Å². The Balaban J connectivity index is 2.75. The van der Waals surface area contributed by atoms with E-state index in [4.69, 9.17) is 4.74 Å².